The lowest BCUT2D eigenvalue weighted by Crippen LogP contribution is -2.28. The quantitative estimate of drug-likeness (QED) is 0.374. The second-order valence-electron chi connectivity index (χ2n) is 7.20. The second-order valence-corrected chi connectivity index (χ2v) is 7.20. The third-order valence-electron chi connectivity index (χ3n) is 5.76. The van der Waals surface area contributed by atoms with Gasteiger partial charge >= 0.3 is 0 Å². The number of phenolic OH excluding ortho intramolecular Hbond substituents is 1. The standard InChI is InChI=1S/C27H20O2/c1-2-29-22-17-13-20(14-18-22)27(19-11-15-21(28)16-12-19)25-9-5-3-7-23(25)24-8-4-6-10-26(24)27/h2-18,28H,1H2. The Morgan fingerprint density at radius 3 is 1.66 bits per heavy atom. The summed E-state index contributed by atoms with van der Waals surface area (Å²) in [5.41, 5.74) is 6.76. The third kappa shape index (κ3) is 2.50. The van der Waals surface area contributed by atoms with E-state index in [4.69, 9.17) is 4.74 Å². The molecule has 0 fully saturated rings. The van der Waals surface area contributed by atoms with Crippen molar-refractivity contribution < 1.29 is 9.84 Å². The molecule has 2 heteroatoms. The zero-order valence-electron chi connectivity index (χ0n) is 15.9. The second kappa shape index (κ2) is 6.68. The number of fused-ring (bicyclic) bond motifs is 3. The molecule has 4 aromatic rings. The SMILES string of the molecule is C=COc1ccc(C2(c3ccc(O)cc3)c3ccccc3-c3ccccc32)cc1. The molecule has 0 amide bonds. The highest BCUT2D eigenvalue weighted by Gasteiger charge is 2.45. The minimum Gasteiger partial charge on any atom is -0.508 e. The molecule has 0 aromatic heterocycles. The van der Waals surface area contributed by atoms with E-state index in [0.29, 0.717) is 0 Å². The first-order chi connectivity index (χ1) is 14.2. The van der Waals surface area contributed by atoms with Gasteiger partial charge in [0.25, 0.3) is 0 Å². The molecule has 0 unspecified atom stereocenters. The van der Waals surface area contributed by atoms with Crippen molar-refractivity contribution in [3.63, 3.8) is 0 Å². The van der Waals surface area contributed by atoms with E-state index in [2.05, 4.69) is 67.2 Å². The van der Waals surface area contributed by atoms with E-state index in [1.807, 2.05) is 24.3 Å². The number of ether oxygens (including phenoxy) is 1. The zero-order chi connectivity index (χ0) is 19.8. The van der Waals surface area contributed by atoms with Crippen molar-refractivity contribution in [2.75, 3.05) is 0 Å². The number of hydrogen-bond donors (Lipinski definition) is 1. The maximum absolute atomic E-state index is 9.91. The molecule has 1 aliphatic rings. The first kappa shape index (κ1) is 17.3. The van der Waals surface area contributed by atoms with Gasteiger partial charge in [-0.15, -0.1) is 0 Å². The molecule has 0 saturated heterocycles. The normalized spacial score (nSPS) is 13.4. The van der Waals surface area contributed by atoms with E-state index in [9.17, 15) is 5.11 Å². The fourth-order valence-electron chi connectivity index (χ4n) is 4.61. The molecule has 0 spiro atoms. The van der Waals surface area contributed by atoms with Gasteiger partial charge in [0.2, 0.25) is 0 Å². The minimum atomic E-state index is -0.465. The Morgan fingerprint density at radius 2 is 1.14 bits per heavy atom. The smallest absolute Gasteiger partial charge is 0.126 e. The van der Waals surface area contributed by atoms with Crippen LogP contribution in [0.1, 0.15) is 22.3 Å². The number of hydrogen-bond acceptors (Lipinski definition) is 2. The van der Waals surface area contributed by atoms with Crippen LogP contribution in [0, 0.1) is 0 Å². The van der Waals surface area contributed by atoms with E-state index in [-0.39, 0.29) is 5.75 Å². The van der Waals surface area contributed by atoms with E-state index < -0.39 is 5.41 Å². The predicted octanol–water partition coefficient (Wildman–Crippen LogP) is 6.28. The summed E-state index contributed by atoms with van der Waals surface area (Å²) >= 11 is 0. The minimum absolute atomic E-state index is 0.262. The van der Waals surface area contributed by atoms with Gasteiger partial charge in [0.05, 0.1) is 11.7 Å². The topological polar surface area (TPSA) is 29.5 Å². The molecule has 140 valence electrons. The highest BCUT2D eigenvalue weighted by Crippen LogP contribution is 2.56. The zero-order valence-corrected chi connectivity index (χ0v) is 15.9. The molecule has 0 bridgehead atoms. The van der Waals surface area contributed by atoms with Gasteiger partial charge in [0.15, 0.2) is 0 Å². The number of phenols is 1. The number of rotatable bonds is 4. The van der Waals surface area contributed by atoms with Crippen molar-refractivity contribution in [2.24, 2.45) is 0 Å². The third-order valence-corrected chi connectivity index (χ3v) is 5.76. The molecule has 29 heavy (non-hydrogen) atoms. The van der Waals surface area contributed by atoms with Crippen LogP contribution >= 0.6 is 0 Å². The monoisotopic (exact) mass is 376 g/mol. The Hall–Kier alpha value is -3.78. The van der Waals surface area contributed by atoms with Crippen LogP contribution in [0.15, 0.2) is 110 Å². The molecule has 0 heterocycles. The maximum Gasteiger partial charge on any atom is 0.126 e. The van der Waals surface area contributed by atoms with Crippen LogP contribution in [0.4, 0.5) is 0 Å². The molecule has 0 radical (unpaired) electrons. The van der Waals surface area contributed by atoms with Gasteiger partial charge in [-0.1, -0.05) is 79.4 Å². The summed E-state index contributed by atoms with van der Waals surface area (Å²) in [6.45, 7) is 3.64. The van der Waals surface area contributed by atoms with Crippen molar-refractivity contribution in [2.45, 2.75) is 5.41 Å². The Kier molecular flexibility index (Phi) is 3.99. The number of benzene rings is 4. The molecule has 4 aromatic carbocycles. The van der Waals surface area contributed by atoms with Gasteiger partial charge < -0.3 is 9.84 Å². The molecule has 5 rings (SSSR count). The Balaban J connectivity index is 1.87. The number of aromatic hydroxyl groups is 1. The van der Waals surface area contributed by atoms with Crippen molar-refractivity contribution in [3.8, 4) is 22.6 Å². The first-order valence-electron chi connectivity index (χ1n) is 9.62. The Morgan fingerprint density at radius 1 is 0.655 bits per heavy atom. The van der Waals surface area contributed by atoms with Crippen LogP contribution in [0.25, 0.3) is 11.1 Å². The summed E-state index contributed by atoms with van der Waals surface area (Å²) in [5, 5.41) is 9.91. The summed E-state index contributed by atoms with van der Waals surface area (Å²) < 4.78 is 5.45. The largest absolute Gasteiger partial charge is 0.508 e. The lowest BCUT2D eigenvalue weighted by Gasteiger charge is -2.34. The summed E-state index contributed by atoms with van der Waals surface area (Å²) in [5.74, 6) is 1.02. The summed E-state index contributed by atoms with van der Waals surface area (Å²) in [6, 6.07) is 32.9. The average molecular weight is 376 g/mol. The molecule has 1 aliphatic carbocycles. The van der Waals surface area contributed by atoms with Gasteiger partial charge in [-0.2, -0.15) is 0 Å². The fraction of sp³-hybridized carbons (Fsp3) is 0.0370. The molecule has 1 N–H and O–H groups in total. The summed E-state index contributed by atoms with van der Waals surface area (Å²) in [6.07, 6.45) is 1.44. The van der Waals surface area contributed by atoms with Gasteiger partial charge in [0, 0.05) is 0 Å². The van der Waals surface area contributed by atoms with E-state index >= 15 is 0 Å². The first-order valence-corrected chi connectivity index (χ1v) is 9.62. The van der Waals surface area contributed by atoms with Crippen LogP contribution in [0.3, 0.4) is 0 Å². The van der Waals surface area contributed by atoms with E-state index in [1.54, 1.807) is 12.1 Å². The maximum atomic E-state index is 9.91. The molecule has 0 saturated carbocycles. The van der Waals surface area contributed by atoms with Gasteiger partial charge in [-0.25, -0.2) is 0 Å². The van der Waals surface area contributed by atoms with E-state index in [0.717, 1.165) is 16.9 Å². The molecule has 2 nitrogen and oxygen atoms in total. The van der Waals surface area contributed by atoms with Crippen molar-refractivity contribution in [1.82, 2.24) is 0 Å². The fourth-order valence-corrected chi connectivity index (χ4v) is 4.61. The Bertz CT molecular complexity index is 1140. The predicted molar refractivity (Wildman–Crippen MR) is 116 cm³/mol. The van der Waals surface area contributed by atoms with Crippen LogP contribution in [-0.4, -0.2) is 5.11 Å². The van der Waals surface area contributed by atoms with Crippen LogP contribution in [0.2, 0.25) is 0 Å². The molecular formula is C27H20O2. The highest BCUT2D eigenvalue weighted by atomic mass is 16.5. The van der Waals surface area contributed by atoms with Crippen LogP contribution in [-0.2, 0) is 5.41 Å². The Labute approximate surface area is 170 Å². The lowest BCUT2D eigenvalue weighted by molar-refractivity contribution is 0.475. The molecular weight excluding hydrogens is 356 g/mol. The van der Waals surface area contributed by atoms with Crippen molar-refractivity contribution in [3.05, 3.63) is 132 Å². The molecule has 0 atom stereocenters. The van der Waals surface area contributed by atoms with Crippen LogP contribution < -0.4 is 4.74 Å². The molecule has 0 aliphatic heterocycles. The van der Waals surface area contributed by atoms with Gasteiger partial charge in [-0.3, -0.25) is 0 Å². The van der Waals surface area contributed by atoms with Gasteiger partial charge in [0.1, 0.15) is 11.5 Å². The summed E-state index contributed by atoms with van der Waals surface area (Å²) in [7, 11) is 0. The van der Waals surface area contributed by atoms with Crippen molar-refractivity contribution >= 4 is 0 Å². The highest BCUT2D eigenvalue weighted by molar-refractivity contribution is 5.86. The average Bonchev–Trinajstić information content (AvgIpc) is 3.07. The lowest BCUT2D eigenvalue weighted by atomic mass is 9.68. The van der Waals surface area contributed by atoms with Crippen LogP contribution in [0.5, 0.6) is 11.5 Å². The summed E-state index contributed by atoms with van der Waals surface area (Å²) in [4.78, 5) is 0. The van der Waals surface area contributed by atoms with Crippen molar-refractivity contribution in [1.29, 1.82) is 0 Å². The van der Waals surface area contributed by atoms with E-state index in [1.165, 1.54) is 28.5 Å². The van der Waals surface area contributed by atoms with Gasteiger partial charge in [-0.05, 0) is 57.6 Å².